The Kier molecular flexibility index (Phi) is 5.21. The number of pyridine rings is 1. The van der Waals surface area contributed by atoms with Gasteiger partial charge in [0.15, 0.2) is 5.84 Å². The topological polar surface area (TPSA) is 73.6 Å². The third-order valence-corrected chi connectivity index (χ3v) is 4.79. The van der Waals surface area contributed by atoms with Crippen molar-refractivity contribution in [3.05, 3.63) is 70.4 Å². The first-order valence-electron chi connectivity index (χ1n) is 8.55. The lowest BCUT2D eigenvalue weighted by atomic mass is 10.0. The second kappa shape index (κ2) is 7.79. The van der Waals surface area contributed by atoms with Crippen LogP contribution in [0.15, 0.2) is 53.9 Å². The van der Waals surface area contributed by atoms with E-state index < -0.39 is 0 Å². The number of ether oxygens (including phenoxy) is 1. The summed E-state index contributed by atoms with van der Waals surface area (Å²) >= 11 is 12.1. The second-order valence-electron chi connectivity index (χ2n) is 6.23. The van der Waals surface area contributed by atoms with Crippen LogP contribution in [0.3, 0.4) is 0 Å². The van der Waals surface area contributed by atoms with Crippen molar-refractivity contribution < 1.29 is 9.57 Å². The lowest BCUT2D eigenvalue weighted by Gasteiger charge is -2.28. The van der Waals surface area contributed by atoms with E-state index in [1.54, 1.807) is 30.3 Å². The number of hydroxylamine groups is 1. The van der Waals surface area contributed by atoms with Crippen molar-refractivity contribution in [2.75, 3.05) is 7.11 Å². The van der Waals surface area contributed by atoms with Crippen LogP contribution in [0.5, 0.6) is 5.88 Å². The molecule has 0 aliphatic carbocycles. The highest BCUT2D eigenvalue weighted by Crippen LogP contribution is 2.29. The quantitative estimate of drug-likeness (QED) is 0.694. The number of hydrogen-bond donors (Lipinski definition) is 1. The molecule has 0 radical (unpaired) electrons. The van der Waals surface area contributed by atoms with Gasteiger partial charge in [0, 0.05) is 17.3 Å². The first-order valence-corrected chi connectivity index (χ1v) is 9.31. The van der Waals surface area contributed by atoms with Crippen LogP contribution in [-0.4, -0.2) is 33.6 Å². The van der Waals surface area contributed by atoms with Gasteiger partial charge in [0.1, 0.15) is 29.3 Å². The van der Waals surface area contributed by atoms with Crippen molar-refractivity contribution in [3.8, 4) is 11.6 Å². The Morgan fingerprint density at radius 3 is 2.79 bits per heavy atom. The summed E-state index contributed by atoms with van der Waals surface area (Å²) in [4.78, 5) is 19.2. The van der Waals surface area contributed by atoms with E-state index in [1.165, 1.54) is 0 Å². The maximum atomic E-state index is 6.16. The highest BCUT2D eigenvalue weighted by molar-refractivity contribution is 6.30. The van der Waals surface area contributed by atoms with Crippen LogP contribution >= 0.6 is 23.2 Å². The lowest BCUT2D eigenvalue weighted by Crippen LogP contribution is -2.38. The summed E-state index contributed by atoms with van der Waals surface area (Å²) in [6, 6.07) is 10.9. The van der Waals surface area contributed by atoms with Crippen LogP contribution < -0.4 is 10.2 Å². The molecule has 0 amide bonds. The average molecular weight is 418 g/mol. The molecule has 3 heterocycles. The SMILES string of the molecule is COc1ccc(-n2cnc(Cl)c2)c(C2=NC(c3cccc(Cl)c3)C(C)ON2)n1. The fraction of sp³-hybridized carbons (Fsp3) is 0.211. The van der Waals surface area contributed by atoms with Gasteiger partial charge in [0.25, 0.3) is 0 Å². The van der Waals surface area contributed by atoms with Crippen molar-refractivity contribution in [1.82, 2.24) is 20.0 Å². The molecule has 0 saturated carbocycles. The fourth-order valence-corrected chi connectivity index (χ4v) is 3.34. The molecule has 9 heteroatoms. The van der Waals surface area contributed by atoms with E-state index in [4.69, 9.17) is 37.8 Å². The Morgan fingerprint density at radius 1 is 1.21 bits per heavy atom. The molecule has 28 heavy (non-hydrogen) atoms. The van der Waals surface area contributed by atoms with E-state index >= 15 is 0 Å². The van der Waals surface area contributed by atoms with E-state index in [0.717, 1.165) is 11.3 Å². The molecule has 7 nitrogen and oxygen atoms in total. The third-order valence-electron chi connectivity index (χ3n) is 4.36. The molecular formula is C19H17Cl2N5O2. The number of aliphatic imine (C=N–C) groups is 1. The minimum Gasteiger partial charge on any atom is -0.481 e. The van der Waals surface area contributed by atoms with Crippen LogP contribution in [0.1, 0.15) is 24.2 Å². The second-order valence-corrected chi connectivity index (χ2v) is 7.05. The summed E-state index contributed by atoms with van der Waals surface area (Å²) in [6.45, 7) is 1.94. The molecule has 4 rings (SSSR count). The predicted molar refractivity (Wildman–Crippen MR) is 107 cm³/mol. The van der Waals surface area contributed by atoms with Crippen LogP contribution in [0.4, 0.5) is 0 Å². The summed E-state index contributed by atoms with van der Waals surface area (Å²) in [5.74, 6) is 0.925. The minimum absolute atomic E-state index is 0.195. The Bertz CT molecular complexity index is 1040. The third kappa shape index (κ3) is 3.69. The maximum absolute atomic E-state index is 6.16. The van der Waals surface area contributed by atoms with E-state index in [0.29, 0.717) is 27.6 Å². The largest absolute Gasteiger partial charge is 0.481 e. The number of amidine groups is 1. The van der Waals surface area contributed by atoms with Gasteiger partial charge < -0.3 is 9.30 Å². The van der Waals surface area contributed by atoms with Gasteiger partial charge in [-0.05, 0) is 30.7 Å². The molecule has 1 aromatic carbocycles. The Morgan fingerprint density at radius 2 is 2.07 bits per heavy atom. The van der Waals surface area contributed by atoms with E-state index in [1.807, 2.05) is 37.3 Å². The molecule has 0 fully saturated rings. The molecule has 0 bridgehead atoms. The van der Waals surface area contributed by atoms with Crippen molar-refractivity contribution >= 4 is 29.0 Å². The molecule has 0 spiro atoms. The monoisotopic (exact) mass is 417 g/mol. The standard InChI is InChI=1S/C19H17Cl2N5O2/c1-11-17(12-4-3-5-13(20)8-12)24-19(25-28-11)18-14(6-7-16(23-18)27-2)26-9-15(21)22-10-26/h3-11,17H,1-2H3,(H,24,25). The van der Waals surface area contributed by atoms with Crippen LogP contribution in [0.2, 0.25) is 10.2 Å². The van der Waals surface area contributed by atoms with E-state index in [9.17, 15) is 0 Å². The van der Waals surface area contributed by atoms with Gasteiger partial charge >= 0.3 is 0 Å². The number of benzene rings is 1. The van der Waals surface area contributed by atoms with Gasteiger partial charge in [-0.1, -0.05) is 35.3 Å². The zero-order valence-electron chi connectivity index (χ0n) is 15.1. The number of rotatable bonds is 4. The first kappa shape index (κ1) is 18.7. The number of aromatic nitrogens is 3. The van der Waals surface area contributed by atoms with E-state index in [-0.39, 0.29) is 12.1 Å². The van der Waals surface area contributed by atoms with Gasteiger partial charge in [-0.25, -0.2) is 15.4 Å². The summed E-state index contributed by atoms with van der Waals surface area (Å²) in [7, 11) is 1.56. The van der Waals surface area contributed by atoms with E-state index in [2.05, 4.69) is 15.4 Å². The van der Waals surface area contributed by atoms with Crippen LogP contribution in [0.25, 0.3) is 5.69 Å². The lowest BCUT2D eigenvalue weighted by molar-refractivity contribution is -0.00478. The average Bonchev–Trinajstić information content (AvgIpc) is 3.14. The maximum Gasteiger partial charge on any atom is 0.213 e. The van der Waals surface area contributed by atoms with Crippen molar-refractivity contribution in [3.63, 3.8) is 0 Å². The molecule has 1 aliphatic rings. The summed E-state index contributed by atoms with van der Waals surface area (Å²) < 4.78 is 7.05. The fourth-order valence-electron chi connectivity index (χ4n) is 2.99. The number of imidazole rings is 1. The zero-order valence-corrected chi connectivity index (χ0v) is 16.6. The van der Waals surface area contributed by atoms with Gasteiger partial charge in [-0.3, -0.25) is 9.83 Å². The molecule has 2 aromatic heterocycles. The Hall–Kier alpha value is -2.61. The number of methoxy groups -OCH3 is 1. The molecule has 0 saturated heterocycles. The van der Waals surface area contributed by atoms with Crippen LogP contribution in [0, 0.1) is 0 Å². The minimum atomic E-state index is -0.248. The van der Waals surface area contributed by atoms with Gasteiger partial charge in [0.2, 0.25) is 5.88 Å². The molecule has 2 atom stereocenters. The molecule has 3 aromatic rings. The van der Waals surface area contributed by atoms with Crippen molar-refractivity contribution in [2.24, 2.45) is 4.99 Å². The zero-order chi connectivity index (χ0) is 19.7. The molecule has 1 aliphatic heterocycles. The molecule has 2 unspecified atom stereocenters. The van der Waals surface area contributed by atoms with Crippen molar-refractivity contribution in [1.29, 1.82) is 0 Å². The first-order chi connectivity index (χ1) is 13.5. The Balaban J connectivity index is 1.82. The van der Waals surface area contributed by atoms with Gasteiger partial charge in [0.05, 0.1) is 12.8 Å². The van der Waals surface area contributed by atoms with Crippen molar-refractivity contribution in [2.45, 2.75) is 19.1 Å². The highest BCUT2D eigenvalue weighted by atomic mass is 35.5. The summed E-state index contributed by atoms with van der Waals surface area (Å²) in [5, 5.41) is 1.02. The summed E-state index contributed by atoms with van der Waals surface area (Å²) in [6.07, 6.45) is 3.10. The molecule has 144 valence electrons. The predicted octanol–water partition coefficient (Wildman–Crippen LogP) is 3.99. The summed E-state index contributed by atoms with van der Waals surface area (Å²) in [5.41, 5.74) is 5.13. The molecular weight excluding hydrogens is 401 g/mol. The smallest absolute Gasteiger partial charge is 0.213 e. The number of nitrogens with one attached hydrogen (secondary N) is 1. The van der Waals surface area contributed by atoms with Gasteiger partial charge in [-0.2, -0.15) is 0 Å². The Labute approximate surface area is 171 Å². The normalized spacial score (nSPS) is 19.1. The van der Waals surface area contributed by atoms with Crippen LogP contribution in [-0.2, 0) is 4.84 Å². The van der Waals surface area contributed by atoms with Gasteiger partial charge in [-0.15, -0.1) is 0 Å². The molecule has 1 N–H and O–H groups in total. The number of halogens is 2. The number of hydrogen-bond acceptors (Lipinski definition) is 6. The highest BCUT2D eigenvalue weighted by Gasteiger charge is 2.28. The number of nitrogens with zero attached hydrogens (tertiary/aromatic N) is 4.